The van der Waals surface area contributed by atoms with E-state index in [-0.39, 0.29) is 5.41 Å². The van der Waals surface area contributed by atoms with E-state index in [1.807, 2.05) is 11.3 Å². The first-order valence-electron chi connectivity index (χ1n) is 8.04. The average molecular weight is 295 g/mol. The molecule has 3 heteroatoms. The molecule has 1 fully saturated rings. The summed E-state index contributed by atoms with van der Waals surface area (Å²) in [7, 11) is 0. The molecule has 1 atom stereocenters. The second-order valence-electron chi connectivity index (χ2n) is 6.99. The lowest BCUT2D eigenvalue weighted by Crippen LogP contribution is -2.45. The molecule has 1 aromatic heterocycles. The highest BCUT2D eigenvalue weighted by atomic mass is 32.1. The molecule has 0 aliphatic carbocycles. The lowest BCUT2D eigenvalue weighted by molar-refractivity contribution is 0.159. The minimum absolute atomic E-state index is 0.283. The number of hydrogen-bond acceptors (Lipinski definition) is 3. The minimum Gasteiger partial charge on any atom is -0.315 e. The molecule has 1 aliphatic heterocycles. The van der Waals surface area contributed by atoms with Gasteiger partial charge in [-0.15, -0.1) is 11.3 Å². The largest absolute Gasteiger partial charge is 0.315 e. The van der Waals surface area contributed by atoms with Gasteiger partial charge in [-0.3, -0.25) is 4.90 Å². The van der Waals surface area contributed by atoms with Crippen molar-refractivity contribution < 1.29 is 0 Å². The van der Waals surface area contributed by atoms with Gasteiger partial charge in [0, 0.05) is 28.9 Å². The predicted octanol–water partition coefficient (Wildman–Crippen LogP) is 4.01. The number of nitrogens with one attached hydrogen (secondary N) is 1. The zero-order chi connectivity index (χ0) is 14.6. The highest BCUT2D eigenvalue weighted by molar-refractivity contribution is 7.12. The van der Waals surface area contributed by atoms with Crippen LogP contribution in [-0.2, 0) is 12.0 Å². The first-order valence-corrected chi connectivity index (χ1v) is 8.86. The van der Waals surface area contributed by atoms with Crippen LogP contribution >= 0.6 is 11.3 Å². The third kappa shape index (κ3) is 4.31. The summed E-state index contributed by atoms with van der Waals surface area (Å²) in [6.07, 6.45) is 3.92. The molecule has 2 nitrogen and oxygen atoms in total. The summed E-state index contributed by atoms with van der Waals surface area (Å²) in [5.74, 6) is 0. The Bertz CT molecular complexity index is 399. The van der Waals surface area contributed by atoms with Crippen LogP contribution in [0, 0.1) is 0 Å². The fraction of sp³-hybridized carbons (Fsp3) is 0.765. The van der Waals surface area contributed by atoms with Crippen LogP contribution in [0.1, 0.15) is 56.7 Å². The molecule has 0 spiro atoms. The van der Waals surface area contributed by atoms with Gasteiger partial charge in [-0.25, -0.2) is 0 Å². The normalized spacial score (nSPS) is 20.6. The number of piperidine rings is 1. The third-order valence-electron chi connectivity index (χ3n) is 4.06. The maximum absolute atomic E-state index is 3.55. The highest BCUT2D eigenvalue weighted by Gasteiger charge is 2.22. The maximum atomic E-state index is 3.55. The van der Waals surface area contributed by atoms with Crippen LogP contribution in [0.5, 0.6) is 0 Å². The van der Waals surface area contributed by atoms with Crippen molar-refractivity contribution in [3.05, 3.63) is 21.9 Å². The van der Waals surface area contributed by atoms with Gasteiger partial charge in [-0.05, 0) is 49.9 Å². The van der Waals surface area contributed by atoms with E-state index in [1.54, 1.807) is 0 Å². The van der Waals surface area contributed by atoms with Crippen molar-refractivity contribution in [2.75, 3.05) is 19.6 Å². The first kappa shape index (κ1) is 16.0. The Morgan fingerprint density at radius 2 is 2.15 bits per heavy atom. The van der Waals surface area contributed by atoms with Gasteiger partial charge in [0.15, 0.2) is 0 Å². The van der Waals surface area contributed by atoms with Crippen LogP contribution in [0.3, 0.4) is 0 Å². The first-order chi connectivity index (χ1) is 9.50. The average Bonchev–Trinajstić information content (AvgIpc) is 2.88. The topological polar surface area (TPSA) is 15.3 Å². The fourth-order valence-corrected chi connectivity index (χ4v) is 3.98. The standard InChI is InChI=1S/C17H30N2S/c1-5-11-19(14-7-6-10-18-12-14)13-15-8-9-16(20-15)17(2,3)4/h8-9,14,18H,5-7,10-13H2,1-4H3. The molecule has 1 unspecified atom stereocenters. The van der Waals surface area contributed by atoms with E-state index in [9.17, 15) is 0 Å². The monoisotopic (exact) mass is 294 g/mol. The summed E-state index contributed by atoms with van der Waals surface area (Å²) in [5.41, 5.74) is 0.283. The molecular formula is C17H30N2S. The van der Waals surface area contributed by atoms with E-state index >= 15 is 0 Å². The smallest absolute Gasteiger partial charge is 0.0331 e. The van der Waals surface area contributed by atoms with Crippen LogP contribution in [0.2, 0.25) is 0 Å². The number of hydrogen-bond donors (Lipinski definition) is 1. The molecule has 1 aliphatic rings. The van der Waals surface area contributed by atoms with Crippen molar-refractivity contribution in [3.8, 4) is 0 Å². The molecule has 2 rings (SSSR count). The van der Waals surface area contributed by atoms with Gasteiger partial charge in [0.2, 0.25) is 0 Å². The molecule has 1 N–H and O–H groups in total. The molecule has 1 saturated heterocycles. The Morgan fingerprint density at radius 1 is 1.35 bits per heavy atom. The molecule has 0 aromatic carbocycles. The van der Waals surface area contributed by atoms with Crippen LogP contribution in [0.4, 0.5) is 0 Å². The Balaban J connectivity index is 2.01. The zero-order valence-corrected chi connectivity index (χ0v) is 14.4. The van der Waals surface area contributed by atoms with Crippen molar-refractivity contribution in [2.24, 2.45) is 0 Å². The van der Waals surface area contributed by atoms with E-state index in [0.29, 0.717) is 0 Å². The van der Waals surface area contributed by atoms with Crippen molar-refractivity contribution in [1.29, 1.82) is 0 Å². The number of thiophene rings is 1. The fourth-order valence-electron chi connectivity index (χ4n) is 2.89. The van der Waals surface area contributed by atoms with E-state index in [0.717, 1.165) is 19.1 Å². The van der Waals surface area contributed by atoms with E-state index < -0.39 is 0 Å². The third-order valence-corrected chi connectivity index (χ3v) is 5.55. The van der Waals surface area contributed by atoms with E-state index in [4.69, 9.17) is 0 Å². The predicted molar refractivity (Wildman–Crippen MR) is 89.6 cm³/mol. The Kier molecular flexibility index (Phi) is 5.65. The van der Waals surface area contributed by atoms with Gasteiger partial charge in [0.25, 0.3) is 0 Å². The van der Waals surface area contributed by atoms with Gasteiger partial charge < -0.3 is 5.32 Å². The quantitative estimate of drug-likeness (QED) is 0.882. The SMILES string of the molecule is CCCN(Cc1ccc(C(C)(C)C)s1)C1CCCNC1. The summed E-state index contributed by atoms with van der Waals surface area (Å²) >= 11 is 2.00. The summed E-state index contributed by atoms with van der Waals surface area (Å²) in [6.45, 7) is 13.9. The summed E-state index contributed by atoms with van der Waals surface area (Å²) < 4.78 is 0. The molecule has 0 bridgehead atoms. The van der Waals surface area contributed by atoms with Crippen LogP contribution in [0.15, 0.2) is 12.1 Å². The molecule has 2 heterocycles. The van der Waals surface area contributed by atoms with E-state index in [2.05, 4.69) is 50.0 Å². The summed E-state index contributed by atoms with van der Waals surface area (Å²) in [5, 5.41) is 3.55. The van der Waals surface area contributed by atoms with Crippen molar-refractivity contribution >= 4 is 11.3 Å². The molecule has 0 radical (unpaired) electrons. The molecule has 0 amide bonds. The lowest BCUT2D eigenvalue weighted by Gasteiger charge is -2.34. The number of nitrogens with zero attached hydrogens (tertiary/aromatic N) is 1. The lowest BCUT2D eigenvalue weighted by atomic mass is 9.95. The summed E-state index contributed by atoms with van der Waals surface area (Å²) in [6, 6.07) is 5.39. The second kappa shape index (κ2) is 7.06. The van der Waals surface area contributed by atoms with Crippen LogP contribution in [0.25, 0.3) is 0 Å². The van der Waals surface area contributed by atoms with Crippen molar-refractivity contribution in [1.82, 2.24) is 10.2 Å². The van der Waals surface area contributed by atoms with Gasteiger partial charge in [-0.2, -0.15) is 0 Å². The minimum atomic E-state index is 0.283. The molecular weight excluding hydrogens is 264 g/mol. The van der Waals surface area contributed by atoms with Gasteiger partial charge in [0.1, 0.15) is 0 Å². The van der Waals surface area contributed by atoms with E-state index in [1.165, 1.54) is 42.1 Å². The highest BCUT2D eigenvalue weighted by Crippen LogP contribution is 2.30. The molecule has 0 saturated carbocycles. The molecule has 1 aromatic rings. The summed E-state index contributed by atoms with van der Waals surface area (Å²) in [4.78, 5) is 5.71. The molecule has 114 valence electrons. The zero-order valence-electron chi connectivity index (χ0n) is 13.5. The Labute approximate surface area is 128 Å². The van der Waals surface area contributed by atoms with Crippen molar-refractivity contribution in [2.45, 2.75) is 65.0 Å². The van der Waals surface area contributed by atoms with Crippen LogP contribution in [-0.4, -0.2) is 30.6 Å². The second-order valence-corrected chi connectivity index (χ2v) is 8.15. The van der Waals surface area contributed by atoms with Gasteiger partial charge in [-0.1, -0.05) is 27.7 Å². The van der Waals surface area contributed by atoms with Crippen LogP contribution < -0.4 is 5.32 Å². The molecule has 20 heavy (non-hydrogen) atoms. The van der Waals surface area contributed by atoms with Gasteiger partial charge in [0.05, 0.1) is 0 Å². The maximum Gasteiger partial charge on any atom is 0.0331 e. The Hall–Kier alpha value is -0.380. The number of rotatable bonds is 5. The Morgan fingerprint density at radius 3 is 2.70 bits per heavy atom. The van der Waals surface area contributed by atoms with Gasteiger partial charge >= 0.3 is 0 Å². The van der Waals surface area contributed by atoms with Crippen molar-refractivity contribution in [3.63, 3.8) is 0 Å².